The number of hydrogen-bond donors (Lipinski definition) is 1. The molecule has 0 fully saturated rings. The van der Waals surface area contributed by atoms with Crippen molar-refractivity contribution in [2.45, 2.75) is 6.92 Å². The molecule has 2 aromatic rings. The van der Waals surface area contributed by atoms with E-state index in [4.69, 9.17) is 11.6 Å². The molecule has 0 bridgehead atoms. The molecule has 0 aliphatic rings. The topological polar surface area (TPSA) is 54.9 Å². The number of benzene rings is 1. The first-order chi connectivity index (χ1) is 8.56. The van der Waals surface area contributed by atoms with Crippen LogP contribution in [-0.4, -0.2) is 15.9 Å². The minimum Gasteiger partial charge on any atom is -0.290 e. The first kappa shape index (κ1) is 12.4. The molecule has 1 aromatic carbocycles. The molecule has 4 nitrogen and oxygen atoms in total. The number of rotatable bonds is 2. The molecular weight excluding hydrogens is 257 g/mol. The Morgan fingerprint density at radius 2 is 2.17 bits per heavy atom. The number of amides is 1. The maximum Gasteiger partial charge on any atom is 0.258 e. The minimum absolute atomic E-state index is 0.108. The van der Waals surface area contributed by atoms with Crippen molar-refractivity contribution in [2.75, 3.05) is 5.32 Å². The van der Waals surface area contributed by atoms with E-state index in [9.17, 15) is 9.18 Å². The number of anilines is 1. The first-order valence-corrected chi connectivity index (χ1v) is 5.50. The highest BCUT2D eigenvalue weighted by molar-refractivity contribution is 6.29. The van der Waals surface area contributed by atoms with Gasteiger partial charge in [-0.05, 0) is 36.8 Å². The number of halogens is 2. The SMILES string of the molecule is Cc1cc(F)ccc1C(=O)Nc1nccc(Cl)n1. The third-order valence-electron chi connectivity index (χ3n) is 2.28. The third-order valence-corrected chi connectivity index (χ3v) is 2.49. The summed E-state index contributed by atoms with van der Waals surface area (Å²) in [5, 5.41) is 2.72. The van der Waals surface area contributed by atoms with Crippen LogP contribution in [0, 0.1) is 12.7 Å². The van der Waals surface area contributed by atoms with Crippen molar-refractivity contribution in [2.24, 2.45) is 0 Å². The number of aryl methyl sites for hydroxylation is 1. The summed E-state index contributed by atoms with van der Waals surface area (Å²) in [6.45, 7) is 1.65. The zero-order valence-electron chi connectivity index (χ0n) is 9.45. The van der Waals surface area contributed by atoms with Crippen LogP contribution < -0.4 is 5.32 Å². The van der Waals surface area contributed by atoms with Gasteiger partial charge in [-0.3, -0.25) is 10.1 Å². The Hall–Kier alpha value is -2.01. The molecule has 0 atom stereocenters. The van der Waals surface area contributed by atoms with E-state index in [0.717, 1.165) is 0 Å². The highest BCUT2D eigenvalue weighted by Crippen LogP contribution is 2.12. The van der Waals surface area contributed by atoms with Gasteiger partial charge in [0.25, 0.3) is 5.91 Å². The number of nitrogens with one attached hydrogen (secondary N) is 1. The Kier molecular flexibility index (Phi) is 3.53. The molecule has 0 aliphatic carbocycles. The van der Waals surface area contributed by atoms with Crippen LogP contribution in [0.2, 0.25) is 5.15 Å². The fraction of sp³-hybridized carbons (Fsp3) is 0.0833. The largest absolute Gasteiger partial charge is 0.290 e. The van der Waals surface area contributed by atoms with E-state index in [0.29, 0.717) is 11.1 Å². The van der Waals surface area contributed by atoms with Crippen LogP contribution in [0.1, 0.15) is 15.9 Å². The zero-order chi connectivity index (χ0) is 13.1. The van der Waals surface area contributed by atoms with E-state index in [1.165, 1.54) is 30.5 Å². The molecular formula is C12H9ClFN3O. The number of aromatic nitrogens is 2. The second kappa shape index (κ2) is 5.10. The normalized spacial score (nSPS) is 10.2. The van der Waals surface area contributed by atoms with Gasteiger partial charge < -0.3 is 0 Å². The highest BCUT2D eigenvalue weighted by atomic mass is 35.5. The predicted octanol–water partition coefficient (Wildman–Crippen LogP) is 2.83. The molecule has 0 saturated heterocycles. The maximum atomic E-state index is 12.9. The number of carbonyl (C=O) groups excluding carboxylic acids is 1. The molecule has 1 aromatic heterocycles. The summed E-state index contributed by atoms with van der Waals surface area (Å²) >= 11 is 5.67. The Morgan fingerprint density at radius 3 is 2.83 bits per heavy atom. The van der Waals surface area contributed by atoms with Gasteiger partial charge in [-0.15, -0.1) is 0 Å². The molecule has 0 aliphatic heterocycles. The van der Waals surface area contributed by atoms with Crippen LogP contribution in [0.5, 0.6) is 0 Å². The van der Waals surface area contributed by atoms with Crippen LogP contribution in [0.15, 0.2) is 30.5 Å². The Balaban J connectivity index is 2.22. The third kappa shape index (κ3) is 2.81. The molecule has 1 heterocycles. The van der Waals surface area contributed by atoms with Crippen LogP contribution in [0.25, 0.3) is 0 Å². The maximum absolute atomic E-state index is 12.9. The van der Waals surface area contributed by atoms with Crippen molar-refractivity contribution < 1.29 is 9.18 Å². The van der Waals surface area contributed by atoms with Gasteiger partial charge in [0, 0.05) is 11.8 Å². The smallest absolute Gasteiger partial charge is 0.258 e. The van der Waals surface area contributed by atoms with Gasteiger partial charge in [-0.2, -0.15) is 0 Å². The van der Waals surface area contributed by atoms with Crippen LogP contribution in [0.3, 0.4) is 0 Å². The Morgan fingerprint density at radius 1 is 1.39 bits per heavy atom. The first-order valence-electron chi connectivity index (χ1n) is 5.12. The van der Waals surface area contributed by atoms with E-state index in [1.807, 2.05) is 0 Å². The van der Waals surface area contributed by atoms with Gasteiger partial charge in [0.1, 0.15) is 11.0 Å². The van der Waals surface area contributed by atoms with Gasteiger partial charge in [-0.1, -0.05) is 11.6 Å². The molecule has 18 heavy (non-hydrogen) atoms. The lowest BCUT2D eigenvalue weighted by atomic mass is 10.1. The van der Waals surface area contributed by atoms with E-state index < -0.39 is 5.91 Å². The predicted molar refractivity (Wildman–Crippen MR) is 66.1 cm³/mol. The van der Waals surface area contributed by atoms with Crippen molar-refractivity contribution in [1.29, 1.82) is 0 Å². The van der Waals surface area contributed by atoms with E-state index in [-0.39, 0.29) is 16.9 Å². The zero-order valence-corrected chi connectivity index (χ0v) is 10.2. The molecule has 0 spiro atoms. The Labute approximate surface area is 108 Å². The fourth-order valence-electron chi connectivity index (χ4n) is 1.45. The number of hydrogen-bond acceptors (Lipinski definition) is 3. The van der Waals surface area contributed by atoms with Gasteiger partial charge in [0.05, 0.1) is 0 Å². The van der Waals surface area contributed by atoms with Crippen molar-refractivity contribution in [3.05, 3.63) is 52.6 Å². The molecule has 1 N–H and O–H groups in total. The molecule has 0 unspecified atom stereocenters. The minimum atomic E-state index is -0.408. The lowest BCUT2D eigenvalue weighted by molar-refractivity contribution is 0.102. The standard InChI is InChI=1S/C12H9ClFN3O/c1-7-6-8(14)2-3-9(7)11(18)17-12-15-5-4-10(13)16-12/h2-6H,1H3,(H,15,16,17,18). The average molecular weight is 266 g/mol. The van der Waals surface area contributed by atoms with Crippen molar-refractivity contribution in [3.8, 4) is 0 Å². The summed E-state index contributed by atoms with van der Waals surface area (Å²) in [6, 6.07) is 5.42. The van der Waals surface area contributed by atoms with Gasteiger partial charge in [-0.25, -0.2) is 14.4 Å². The summed E-state index contributed by atoms with van der Waals surface area (Å²) < 4.78 is 12.9. The Bertz CT molecular complexity index is 604. The molecule has 0 saturated carbocycles. The van der Waals surface area contributed by atoms with Crippen molar-refractivity contribution in [1.82, 2.24) is 9.97 Å². The van der Waals surface area contributed by atoms with Crippen LogP contribution in [0.4, 0.5) is 10.3 Å². The van der Waals surface area contributed by atoms with E-state index in [1.54, 1.807) is 6.92 Å². The molecule has 0 radical (unpaired) electrons. The molecule has 92 valence electrons. The summed E-state index contributed by atoms with van der Waals surface area (Å²) in [6.07, 6.45) is 1.43. The summed E-state index contributed by atoms with van der Waals surface area (Å²) in [5.74, 6) is -0.686. The van der Waals surface area contributed by atoms with Gasteiger partial charge in [0.2, 0.25) is 5.95 Å². The highest BCUT2D eigenvalue weighted by Gasteiger charge is 2.11. The molecule has 2 rings (SSSR count). The fourth-order valence-corrected chi connectivity index (χ4v) is 1.58. The van der Waals surface area contributed by atoms with Gasteiger partial charge >= 0.3 is 0 Å². The lowest BCUT2D eigenvalue weighted by Gasteiger charge is -2.06. The van der Waals surface area contributed by atoms with Crippen LogP contribution in [-0.2, 0) is 0 Å². The summed E-state index contributed by atoms with van der Waals surface area (Å²) in [5.41, 5.74) is 0.898. The van der Waals surface area contributed by atoms with Crippen molar-refractivity contribution >= 4 is 23.5 Å². The van der Waals surface area contributed by atoms with E-state index in [2.05, 4.69) is 15.3 Å². The lowest BCUT2D eigenvalue weighted by Crippen LogP contribution is -2.15. The van der Waals surface area contributed by atoms with Crippen molar-refractivity contribution in [3.63, 3.8) is 0 Å². The number of nitrogens with zero attached hydrogens (tertiary/aromatic N) is 2. The molecule has 6 heteroatoms. The second-order valence-corrected chi connectivity index (χ2v) is 4.00. The number of carbonyl (C=O) groups is 1. The van der Waals surface area contributed by atoms with Crippen LogP contribution >= 0.6 is 11.6 Å². The quantitative estimate of drug-likeness (QED) is 0.850. The monoisotopic (exact) mass is 265 g/mol. The second-order valence-electron chi connectivity index (χ2n) is 3.62. The van der Waals surface area contributed by atoms with Gasteiger partial charge in [0.15, 0.2) is 0 Å². The van der Waals surface area contributed by atoms with E-state index >= 15 is 0 Å². The average Bonchev–Trinajstić information content (AvgIpc) is 2.28. The summed E-state index contributed by atoms with van der Waals surface area (Å²) in [7, 11) is 0. The molecule has 1 amide bonds. The summed E-state index contributed by atoms with van der Waals surface area (Å²) in [4.78, 5) is 19.6.